The molecule has 1 aliphatic carbocycles. The number of alkyl carbamates (subject to hydrolysis) is 1. The molecular weight excluding hydrogens is 448 g/mol. The number of nitrogens with zero attached hydrogens (tertiary/aromatic N) is 1. The lowest BCUT2D eigenvalue weighted by molar-refractivity contribution is -0.144. The molecule has 4 rings (SSSR count). The minimum atomic E-state index is -0.981. The SMILES string of the molecule is COC(C)C(NC(=O)OCC1c2ccccc2-c2ccccc21)C(=O)N1CCCC[C@@H]1CC(=O)O. The van der Waals surface area contributed by atoms with Crippen LogP contribution in [0.1, 0.15) is 49.7 Å². The number of piperidine rings is 1. The third kappa shape index (κ3) is 5.32. The molecule has 2 aromatic rings. The van der Waals surface area contributed by atoms with Crippen LogP contribution in [0.5, 0.6) is 0 Å². The summed E-state index contributed by atoms with van der Waals surface area (Å²) in [4.78, 5) is 39.1. The topological polar surface area (TPSA) is 105 Å². The average molecular weight is 481 g/mol. The highest BCUT2D eigenvalue weighted by Gasteiger charge is 2.37. The molecule has 2 N–H and O–H groups in total. The lowest BCUT2D eigenvalue weighted by atomic mass is 9.97. The van der Waals surface area contributed by atoms with Gasteiger partial charge in [0.25, 0.3) is 0 Å². The summed E-state index contributed by atoms with van der Waals surface area (Å²) in [7, 11) is 1.47. The molecule has 8 nitrogen and oxygen atoms in total. The molecule has 1 aliphatic heterocycles. The maximum Gasteiger partial charge on any atom is 0.407 e. The Kier molecular flexibility index (Phi) is 7.70. The first-order valence-corrected chi connectivity index (χ1v) is 12.1. The van der Waals surface area contributed by atoms with E-state index in [4.69, 9.17) is 9.47 Å². The Bertz CT molecular complexity index is 1040. The van der Waals surface area contributed by atoms with E-state index in [-0.39, 0.29) is 24.9 Å². The van der Waals surface area contributed by atoms with Crippen LogP contribution >= 0.6 is 0 Å². The number of nitrogens with one attached hydrogen (secondary N) is 1. The number of fused-ring (bicyclic) bond motifs is 3. The molecule has 2 amide bonds. The van der Waals surface area contributed by atoms with Gasteiger partial charge in [-0.15, -0.1) is 0 Å². The van der Waals surface area contributed by atoms with Gasteiger partial charge < -0.3 is 24.8 Å². The summed E-state index contributed by atoms with van der Waals surface area (Å²) >= 11 is 0. The summed E-state index contributed by atoms with van der Waals surface area (Å²) in [5.41, 5.74) is 4.47. The van der Waals surface area contributed by atoms with Gasteiger partial charge in [-0.1, -0.05) is 48.5 Å². The molecule has 0 spiro atoms. The summed E-state index contributed by atoms with van der Waals surface area (Å²) in [6.07, 6.45) is 0.839. The summed E-state index contributed by atoms with van der Waals surface area (Å²) in [5, 5.41) is 12.0. The first-order chi connectivity index (χ1) is 16.9. The molecule has 0 bridgehead atoms. The van der Waals surface area contributed by atoms with E-state index >= 15 is 0 Å². The lowest BCUT2D eigenvalue weighted by Crippen LogP contribution is -2.57. The van der Waals surface area contributed by atoms with Gasteiger partial charge in [-0.25, -0.2) is 4.79 Å². The van der Waals surface area contributed by atoms with Crippen LogP contribution in [0.4, 0.5) is 4.79 Å². The van der Waals surface area contributed by atoms with Gasteiger partial charge >= 0.3 is 12.1 Å². The van der Waals surface area contributed by atoms with E-state index in [2.05, 4.69) is 17.4 Å². The standard InChI is InChI=1S/C27H32N2O6/c1-17(34-2)25(26(32)29-14-8-7-9-18(29)15-24(30)31)28-27(33)35-16-23-21-12-5-3-10-19(21)20-11-4-6-13-22(20)23/h3-6,10-13,17-18,23,25H,7-9,14-16H2,1-2H3,(H,28,33)(H,30,31)/t17?,18-,25?/m1/s1. The van der Waals surface area contributed by atoms with Crippen molar-refractivity contribution in [1.29, 1.82) is 0 Å². The zero-order valence-corrected chi connectivity index (χ0v) is 20.1. The van der Waals surface area contributed by atoms with Gasteiger partial charge in [0.2, 0.25) is 5.91 Å². The minimum Gasteiger partial charge on any atom is -0.481 e. The zero-order chi connectivity index (χ0) is 24.9. The van der Waals surface area contributed by atoms with E-state index in [9.17, 15) is 19.5 Å². The first-order valence-electron chi connectivity index (χ1n) is 12.1. The maximum absolute atomic E-state index is 13.4. The largest absolute Gasteiger partial charge is 0.481 e. The minimum absolute atomic E-state index is 0.0933. The number of hydrogen-bond donors (Lipinski definition) is 2. The van der Waals surface area contributed by atoms with E-state index in [0.29, 0.717) is 13.0 Å². The number of benzene rings is 2. The van der Waals surface area contributed by atoms with E-state index in [0.717, 1.165) is 35.1 Å². The number of likely N-dealkylation sites (tertiary alicyclic amines) is 1. The number of ether oxygens (including phenoxy) is 2. The molecule has 0 aromatic heterocycles. The van der Waals surface area contributed by atoms with Crippen LogP contribution in [0.25, 0.3) is 11.1 Å². The molecule has 186 valence electrons. The molecule has 2 aromatic carbocycles. The van der Waals surface area contributed by atoms with Crippen molar-refractivity contribution in [3.05, 3.63) is 59.7 Å². The smallest absolute Gasteiger partial charge is 0.407 e. The Morgan fingerprint density at radius 3 is 2.29 bits per heavy atom. The highest BCUT2D eigenvalue weighted by Crippen LogP contribution is 2.44. The van der Waals surface area contributed by atoms with Crippen molar-refractivity contribution in [3.8, 4) is 11.1 Å². The number of carboxylic acids is 1. The molecular formula is C27H32N2O6. The van der Waals surface area contributed by atoms with E-state index in [1.165, 1.54) is 7.11 Å². The average Bonchev–Trinajstić information content (AvgIpc) is 3.19. The van der Waals surface area contributed by atoms with Crippen molar-refractivity contribution < 1.29 is 29.0 Å². The zero-order valence-electron chi connectivity index (χ0n) is 20.1. The monoisotopic (exact) mass is 480 g/mol. The van der Waals surface area contributed by atoms with E-state index in [1.807, 2.05) is 36.4 Å². The molecule has 35 heavy (non-hydrogen) atoms. The first kappa shape index (κ1) is 24.7. The predicted molar refractivity (Wildman–Crippen MR) is 130 cm³/mol. The van der Waals surface area contributed by atoms with Gasteiger partial charge in [0.15, 0.2) is 0 Å². The fourth-order valence-electron chi connectivity index (χ4n) is 5.17. The van der Waals surface area contributed by atoms with Crippen LogP contribution in [0.15, 0.2) is 48.5 Å². The van der Waals surface area contributed by atoms with Crippen molar-refractivity contribution in [1.82, 2.24) is 10.2 Å². The second-order valence-electron chi connectivity index (χ2n) is 9.17. The molecule has 1 saturated heterocycles. The number of rotatable bonds is 8. The highest BCUT2D eigenvalue weighted by atomic mass is 16.5. The van der Waals surface area contributed by atoms with E-state index in [1.54, 1.807) is 11.8 Å². The molecule has 2 unspecified atom stereocenters. The predicted octanol–water partition coefficient (Wildman–Crippen LogP) is 3.78. The molecule has 2 aliphatic rings. The van der Waals surface area contributed by atoms with Gasteiger partial charge in [-0.2, -0.15) is 0 Å². The maximum atomic E-state index is 13.4. The van der Waals surface area contributed by atoms with Crippen molar-refractivity contribution >= 4 is 18.0 Å². The summed E-state index contributed by atoms with van der Waals surface area (Å²) < 4.78 is 11.0. The normalized spacial score (nSPS) is 18.8. The molecule has 0 saturated carbocycles. The molecule has 0 radical (unpaired) electrons. The number of methoxy groups -OCH3 is 1. The van der Waals surface area contributed by atoms with Gasteiger partial charge in [0.05, 0.1) is 12.5 Å². The Labute approximate surface area is 205 Å². The third-order valence-corrected chi connectivity index (χ3v) is 7.04. The molecule has 1 fully saturated rings. The highest BCUT2D eigenvalue weighted by molar-refractivity contribution is 5.87. The number of hydrogen-bond acceptors (Lipinski definition) is 5. The molecule has 3 atom stereocenters. The number of carboxylic acid groups (broad SMARTS) is 1. The van der Waals surface area contributed by atoms with Crippen LogP contribution in [0.2, 0.25) is 0 Å². The van der Waals surface area contributed by atoms with Crippen LogP contribution in [-0.4, -0.2) is 66.4 Å². The van der Waals surface area contributed by atoms with Gasteiger partial charge in [0.1, 0.15) is 12.6 Å². The Hall–Kier alpha value is -3.39. The summed E-state index contributed by atoms with van der Waals surface area (Å²) in [5.74, 6) is -1.39. The number of carbonyl (C=O) groups is 3. The lowest BCUT2D eigenvalue weighted by Gasteiger charge is -2.38. The fourth-order valence-corrected chi connectivity index (χ4v) is 5.17. The second-order valence-corrected chi connectivity index (χ2v) is 9.17. The van der Waals surface area contributed by atoms with Crippen molar-refractivity contribution in [2.24, 2.45) is 0 Å². The van der Waals surface area contributed by atoms with Crippen LogP contribution in [0.3, 0.4) is 0 Å². The third-order valence-electron chi connectivity index (χ3n) is 7.04. The number of amides is 2. The van der Waals surface area contributed by atoms with Gasteiger partial charge in [-0.05, 0) is 48.4 Å². The van der Waals surface area contributed by atoms with E-state index < -0.39 is 30.3 Å². The fraction of sp³-hybridized carbons (Fsp3) is 0.444. The van der Waals surface area contributed by atoms with Gasteiger partial charge in [-0.3, -0.25) is 9.59 Å². The van der Waals surface area contributed by atoms with Gasteiger partial charge in [0, 0.05) is 25.6 Å². The van der Waals surface area contributed by atoms with Crippen molar-refractivity contribution in [2.45, 2.75) is 56.7 Å². The van der Waals surface area contributed by atoms with Crippen molar-refractivity contribution in [3.63, 3.8) is 0 Å². The van der Waals surface area contributed by atoms with Crippen LogP contribution in [0, 0.1) is 0 Å². The second kappa shape index (κ2) is 10.9. The number of aliphatic carboxylic acids is 1. The number of carbonyl (C=O) groups excluding carboxylic acids is 2. The molecule has 1 heterocycles. The van der Waals surface area contributed by atoms with Crippen molar-refractivity contribution in [2.75, 3.05) is 20.3 Å². The van der Waals surface area contributed by atoms with Crippen LogP contribution < -0.4 is 5.32 Å². The summed E-state index contributed by atoms with van der Waals surface area (Å²) in [6.45, 7) is 2.28. The molecule has 8 heteroatoms. The Morgan fingerprint density at radius 1 is 1.06 bits per heavy atom. The summed E-state index contributed by atoms with van der Waals surface area (Å²) in [6, 6.07) is 14.8. The Balaban J connectivity index is 1.45. The Morgan fingerprint density at radius 2 is 1.69 bits per heavy atom. The quantitative estimate of drug-likeness (QED) is 0.596. The van der Waals surface area contributed by atoms with Crippen LogP contribution in [-0.2, 0) is 19.1 Å².